The van der Waals surface area contributed by atoms with Crippen molar-refractivity contribution in [2.24, 2.45) is 0 Å². The van der Waals surface area contributed by atoms with Crippen molar-refractivity contribution in [2.45, 2.75) is 19.4 Å². The second kappa shape index (κ2) is 6.69. The van der Waals surface area contributed by atoms with Crippen LogP contribution in [0.1, 0.15) is 23.5 Å². The summed E-state index contributed by atoms with van der Waals surface area (Å²) in [6.45, 7) is 3.07. The van der Waals surface area contributed by atoms with Gasteiger partial charge in [0.1, 0.15) is 0 Å². The number of nitrogens with zero attached hydrogens (tertiary/aromatic N) is 1. The van der Waals surface area contributed by atoms with E-state index < -0.39 is 0 Å². The van der Waals surface area contributed by atoms with Gasteiger partial charge in [0, 0.05) is 26.5 Å². The molecule has 1 N–H and O–H groups in total. The Balaban J connectivity index is 1.90. The highest BCUT2D eigenvalue weighted by molar-refractivity contribution is 9.10. The maximum atomic E-state index is 4.83. The fraction of sp³-hybridized carbons (Fsp3) is 0.235. The van der Waals surface area contributed by atoms with Crippen LogP contribution in [0.4, 0.5) is 0 Å². The van der Waals surface area contributed by atoms with Crippen LogP contribution in [-0.4, -0.2) is 11.5 Å². The number of rotatable bonds is 5. The van der Waals surface area contributed by atoms with Crippen LogP contribution in [0.3, 0.4) is 0 Å². The normalized spacial score (nSPS) is 12.7. The van der Waals surface area contributed by atoms with Crippen LogP contribution in [0.15, 0.2) is 52.3 Å². The van der Waals surface area contributed by atoms with Gasteiger partial charge in [-0.3, -0.25) is 4.98 Å². The van der Waals surface area contributed by atoms with Crippen LogP contribution >= 0.6 is 27.3 Å². The Hall–Kier alpha value is -1.23. The highest BCUT2D eigenvalue weighted by Gasteiger charge is 2.14. The quantitative estimate of drug-likeness (QED) is 0.695. The molecule has 0 saturated carbocycles. The van der Waals surface area contributed by atoms with Crippen molar-refractivity contribution in [3.63, 3.8) is 0 Å². The number of para-hydroxylation sites is 1. The average molecular weight is 361 g/mol. The van der Waals surface area contributed by atoms with E-state index in [-0.39, 0.29) is 6.04 Å². The third kappa shape index (κ3) is 3.51. The van der Waals surface area contributed by atoms with E-state index in [1.54, 1.807) is 11.3 Å². The molecule has 2 nitrogen and oxygen atoms in total. The lowest BCUT2D eigenvalue weighted by molar-refractivity contribution is 0.541. The number of hydrogen-bond acceptors (Lipinski definition) is 3. The molecule has 0 aliphatic heterocycles. The summed E-state index contributed by atoms with van der Waals surface area (Å²) in [5.41, 5.74) is 2.17. The van der Waals surface area contributed by atoms with E-state index in [4.69, 9.17) is 4.98 Å². The maximum absolute atomic E-state index is 4.83. The van der Waals surface area contributed by atoms with Crippen LogP contribution in [0.5, 0.6) is 0 Å². The van der Waals surface area contributed by atoms with Gasteiger partial charge in [0.2, 0.25) is 0 Å². The zero-order valence-electron chi connectivity index (χ0n) is 11.8. The monoisotopic (exact) mass is 360 g/mol. The fourth-order valence-electron chi connectivity index (χ4n) is 2.47. The summed E-state index contributed by atoms with van der Waals surface area (Å²) in [4.78, 5) is 6.19. The molecule has 0 fully saturated rings. The largest absolute Gasteiger partial charge is 0.309 e. The Kier molecular flexibility index (Phi) is 4.68. The summed E-state index contributed by atoms with van der Waals surface area (Å²) >= 11 is 5.31. The molecule has 2 heterocycles. The van der Waals surface area contributed by atoms with Crippen LogP contribution in [-0.2, 0) is 6.42 Å². The Morgan fingerprint density at radius 1 is 1.24 bits per heavy atom. The van der Waals surface area contributed by atoms with Crippen molar-refractivity contribution >= 4 is 38.2 Å². The second-order valence-electron chi connectivity index (χ2n) is 4.97. The molecular weight excluding hydrogens is 344 g/mol. The first kappa shape index (κ1) is 14.7. The van der Waals surface area contributed by atoms with Gasteiger partial charge in [-0.2, -0.15) is 0 Å². The molecule has 3 rings (SSSR count). The minimum atomic E-state index is 0.255. The number of fused-ring (bicyclic) bond motifs is 1. The average Bonchev–Trinajstić information content (AvgIpc) is 2.91. The number of hydrogen-bond donors (Lipinski definition) is 1. The zero-order valence-corrected chi connectivity index (χ0v) is 14.2. The van der Waals surface area contributed by atoms with E-state index in [0.717, 1.165) is 28.6 Å². The third-order valence-corrected chi connectivity index (χ3v) is 5.17. The summed E-state index contributed by atoms with van der Waals surface area (Å²) in [6.07, 6.45) is 0.968. The topological polar surface area (TPSA) is 24.9 Å². The lowest BCUT2D eigenvalue weighted by Gasteiger charge is -2.17. The number of thiophene rings is 1. The van der Waals surface area contributed by atoms with E-state index in [1.165, 1.54) is 10.3 Å². The van der Waals surface area contributed by atoms with Gasteiger partial charge in [-0.05, 0) is 40.7 Å². The standard InChI is InChI=1S/C17H17BrN2S/c1-2-19-17(10-14-9-13(18)11-21-14)16-8-7-12-5-3-4-6-15(12)20-16/h3-9,11,17,19H,2,10H2,1H3. The Bertz CT molecular complexity index is 738. The molecule has 0 bridgehead atoms. The maximum Gasteiger partial charge on any atom is 0.0706 e. The number of halogens is 1. The molecular formula is C17H17BrN2S. The van der Waals surface area contributed by atoms with Gasteiger partial charge >= 0.3 is 0 Å². The number of benzene rings is 1. The number of aromatic nitrogens is 1. The molecule has 1 aromatic carbocycles. The smallest absolute Gasteiger partial charge is 0.0706 e. The van der Waals surface area contributed by atoms with E-state index in [0.29, 0.717) is 0 Å². The SMILES string of the molecule is CCNC(Cc1cc(Br)cs1)c1ccc2ccccc2n1. The van der Waals surface area contributed by atoms with E-state index >= 15 is 0 Å². The van der Waals surface area contributed by atoms with Gasteiger partial charge in [0.25, 0.3) is 0 Å². The predicted octanol–water partition coefficient (Wildman–Crippen LogP) is 4.95. The van der Waals surface area contributed by atoms with Crippen molar-refractivity contribution in [3.05, 3.63) is 62.9 Å². The van der Waals surface area contributed by atoms with Crippen molar-refractivity contribution in [1.82, 2.24) is 10.3 Å². The Labute approximate surface area is 137 Å². The molecule has 1 unspecified atom stereocenters. The van der Waals surface area contributed by atoms with E-state index in [1.807, 2.05) is 6.07 Å². The number of likely N-dealkylation sites (N-methyl/N-ethyl adjacent to an activating group) is 1. The highest BCUT2D eigenvalue weighted by Crippen LogP contribution is 2.26. The number of pyridine rings is 1. The van der Waals surface area contributed by atoms with Crippen LogP contribution < -0.4 is 5.32 Å². The van der Waals surface area contributed by atoms with Crippen LogP contribution in [0, 0.1) is 0 Å². The van der Waals surface area contributed by atoms with Gasteiger partial charge in [0.05, 0.1) is 17.3 Å². The first-order valence-corrected chi connectivity index (χ1v) is 8.75. The minimum Gasteiger partial charge on any atom is -0.309 e. The minimum absolute atomic E-state index is 0.255. The first-order valence-electron chi connectivity index (χ1n) is 7.08. The summed E-state index contributed by atoms with van der Waals surface area (Å²) in [5.74, 6) is 0. The summed E-state index contributed by atoms with van der Waals surface area (Å²) in [7, 11) is 0. The predicted molar refractivity (Wildman–Crippen MR) is 93.9 cm³/mol. The second-order valence-corrected chi connectivity index (χ2v) is 6.89. The van der Waals surface area contributed by atoms with Gasteiger partial charge in [-0.25, -0.2) is 0 Å². The lowest BCUT2D eigenvalue weighted by Crippen LogP contribution is -2.23. The first-order chi connectivity index (χ1) is 10.3. The highest BCUT2D eigenvalue weighted by atomic mass is 79.9. The molecule has 108 valence electrons. The lowest BCUT2D eigenvalue weighted by atomic mass is 10.1. The van der Waals surface area contributed by atoms with Crippen molar-refractivity contribution in [1.29, 1.82) is 0 Å². The van der Waals surface area contributed by atoms with Crippen LogP contribution in [0.25, 0.3) is 10.9 Å². The molecule has 0 aliphatic carbocycles. The van der Waals surface area contributed by atoms with Crippen molar-refractivity contribution in [2.75, 3.05) is 6.54 Å². The fourth-order valence-corrected chi connectivity index (χ4v) is 3.96. The van der Waals surface area contributed by atoms with Gasteiger partial charge < -0.3 is 5.32 Å². The molecule has 0 spiro atoms. The molecule has 21 heavy (non-hydrogen) atoms. The Morgan fingerprint density at radius 3 is 2.86 bits per heavy atom. The zero-order chi connectivity index (χ0) is 14.7. The molecule has 0 aliphatic rings. The molecule has 4 heteroatoms. The molecule has 1 atom stereocenters. The molecule has 3 aromatic rings. The van der Waals surface area contributed by atoms with Gasteiger partial charge in [-0.1, -0.05) is 31.2 Å². The van der Waals surface area contributed by atoms with Gasteiger partial charge in [0.15, 0.2) is 0 Å². The third-order valence-electron chi connectivity index (χ3n) is 3.45. The number of nitrogens with one attached hydrogen (secondary N) is 1. The molecule has 0 saturated heterocycles. The Morgan fingerprint density at radius 2 is 2.10 bits per heavy atom. The molecule has 0 amide bonds. The summed E-state index contributed by atoms with van der Waals surface area (Å²) in [6, 6.07) is 15.0. The molecule has 0 radical (unpaired) electrons. The van der Waals surface area contributed by atoms with Crippen LogP contribution in [0.2, 0.25) is 0 Å². The summed E-state index contributed by atoms with van der Waals surface area (Å²) < 4.78 is 1.16. The van der Waals surface area contributed by atoms with Crippen molar-refractivity contribution < 1.29 is 0 Å². The van der Waals surface area contributed by atoms with Crippen molar-refractivity contribution in [3.8, 4) is 0 Å². The van der Waals surface area contributed by atoms with Gasteiger partial charge in [-0.15, -0.1) is 11.3 Å². The summed E-state index contributed by atoms with van der Waals surface area (Å²) in [5, 5.41) is 6.87. The molecule has 2 aromatic heterocycles. The van der Waals surface area contributed by atoms with E-state index in [9.17, 15) is 0 Å². The van der Waals surface area contributed by atoms with E-state index in [2.05, 4.69) is 69.9 Å².